The molecule has 4 aliphatic rings. The zero-order valence-electron chi connectivity index (χ0n) is 18.9. The number of hydrogen-bond donors (Lipinski definition) is 0. The van der Waals surface area contributed by atoms with Crippen molar-refractivity contribution in [1.82, 2.24) is 0 Å². The van der Waals surface area contributed by atoms with E-state index in [2.05, 4.69) is 19.9 Å². The maximum absolute atomic E-state index is 13.3. The molecule has 2 fully saturated rings. The summed E-state index contributed by atoms with van der Waals surface area (Å²) in [6.45, 7) is 6.54. The quantitative estimate of drug-likeness (QED) is 0.499. The average molecular weight is 429 g/mol. The van der Waals surface area contributed by atoms with Crippen LogP contribution in [0.2, 0.25) is 0 Å². The van der Waals surface area contributed by atoms with Crippen molar-refractivity contribution in [2.45, 2.75) is 78.2 Å². The van der Waals surface area contributed by atoms with Crippen molar-refractivity contribution in [3.63, 3.8) is 0 Å². The van der Waals surface area contributed by atoms with Crippen molar-refractivity contribution < 1.29 is 28.7 Å². The molecule has 6 nitrogen and oxygen atoms in total. The molecule has 2 saturated carbocycles. The van der Waals surface area contributed by atoms with Crippen molar-refractivity contribution >= 4 is 23.5 Å². The lowest BCUT2D eigenvalue weighted by Gasteiger charge is -2.55. The Labute approximate surface area is 183 Å². The minimum atomic E-state index is -1.28. The second-order valence-electron chi connectivity index (χ2n) is 10.2. The van der Waals surface area contributed by atoms with Crippen LogP contribution in [-0.2, 0) is 28.7 Å². The molecule has 4 aliphatic carbocycles. The smallest absolute Gasteiger partial charge is 0.303 e. The van der Waals surface area contributed by atoms with Crippen LogP contribution in [0.4, 0.5) is 0 Å². The van der Waals surface area contributed by atoms with Gasteiger partial charge >= 0.3 is 11.9 Å². The van der Waals surface area contributed by atoms with Crippen LogP contribution in [0, 0.1) is 22.7 Å². The third kappa shape index (κ3) is 3.21. The molecule has 0 spiro atoms. The van der Waals surface area contributed by atoms with E-state index < -0.39 is 23.0 Å². The fraction of sp³-hybridized carbons (Fsp3) is 0.680. The second-order valence-corrected chi connectivity index (χ2v) is 10.2. The van der Waals surface area contributed by atoms with E-state index in [1.807, 2.05) is 6.08 Å². The second kappa shape index (κ2) is 7.42. The molecule has 0 aromatic carbocycles. The van der Waals surface area contributed by atoms with E-state index in [-0.39, 0.29) is 29.5 Å². The van der Waals surface area contributed by atoms with Gasteiger partial charge in [-0.3, -0.25) is 19.2 Å². The molecule has 0 heterocycles. The van der Waals surface area contributed by atoms with E-state index >= 15 is 0 Å². The predicted molar refractivity (Wildman–Crippen MR) is 113 cm³/mol. The Kier molecular flexibility index (Phi) is 5.26. The lowest BCUT2D eigenvalue weighted by Crippen LogP contribution is -2.57. The maximum atomic E-state index is 13.3. The Hall–Kier alpha value is -2.24. The van der Waals surface area contributed by atoms with Crippen LogP contribution < -0.4 is 0 Å². The summed E-state index contributed by atoms with van der Waals surface area (Å²) < 4.78 is 10.8. The molecule has 31 heavy (non-hydrogen) atoms. The van der Waals surface area contributed by atoms with Gasteiger partial charge in [0.25, 0.3) is 0 Å². The fourth-order valence-corrected chi connectivity index (χ4v) is 7.06. The van der Waals surface area contributed by atoms with Gasteiger partial charge in [-0.2, -0.15) is 0 Å². The Morgan fingerprint density at radius 3 is 2.48 bits per heavy atom. The third-order valence-corrected chi connectivity index (χ3v) is 8.63. The zero-order valence-corrected chi connectivity index (χ0v) is 18.9. The van der Waals surface area contributed by atoms with E-state index in [0.29, 0.717) is 25.2 Å². The molecule has 168 valence electrons. The first kappa shape index (κ1) is 22.0. The van der Waals surface area contributed by atoms with Crippen LogP contribution in [0.15, 0.2) is 23.3 Å². The summed E-state index contributed by atoms with van der Waals surface area (Å²) in [5.41, 5.74) is 0.718. The molecule has 0 aromatic rings. The number of hydrogen-bond acceptors (Lipinski definition) is 6. The van der Waals surface area contributed by atoms with Gasteiger partial charge in [0.05, 0.1) is 0 Å². The van der Waals surface area contributed by atoms with Crippen LogP contribution in [0.3, 0.4) is 0 Å². The van der Waals surface area contributed by atoms with E-state index in [9.17, 15) is 19.2 Å². The van der Waals surface area contributed by atoms with E-state index in [0.717, 1.165) is 25.7 Å². The van der Waals surface area contributed by atoms with Gasteiger partial charge in [-0.1, -0.05) is 31.1 Å². The number of carbonyl (C=O) groups is 4. The Morgan fingerprint density at radius 2 is 1.81 bits per heavy atom. The summed E-state index contributed by atoms with van der Waals surface area (Å²) in [6, 6.07) is 0. The standard InChI is InChI=1S/C25H32O6/c1-15(26)30-14-22(29)25(31-16(2)27)12-9-21-19-6-5-17-13-18(28)7-10-23(17,3)20(19)8-11-24(21,25)4/h8,13,19,21H,5-7,9-12,14H2,1-4H3/t19-,21-,23-,24+,25+/m1/s1. The lowest BCUT2D eigenvalue weighted by atomic mass is 9.50. The highest BCUT2D eigenvalue weighted by Crippen LogP contribution is 2.66. The predicted octanol–water partition coefficient (Wildman–Crippen LogP) is 3.87. The number of rotatable bonds is 4. The number of Topliss-reactive ketones (excluding diaryl/α,β-unsaturated/α-hetero) is 1. The molecule has 0 unspecified atom stereocenters. The van der Waals surface area contributed by atoms with Gasteiger partial charge in [-0.15, -0.1) is 0 Å². The van der Waals surface area contributed by atoms with Gasteiger partial charge in [0.1, 0.15) is 0 Å². The molecule has 0 aromatic heterocycles. The Morgan fingerprint density at radius 1 is 1.06 bits per heavy atom. The monoisotopic (exact) mass is 428 g/mol. The Bertz CT molecular complexity index is 913. The van der Waals surface area contributed by atoms with E-state index in [4.69, 9.17) is 9.47 Å². The van der Waals surface area contributed by atoms with Crippen LogP contribution in [0.1, 0.15) is 72.6 Å². The van der Waals surface area contributed by atoms with Crippen molar-refractivity contribution in [3.8, 4) is 0 Å². The summed E-state index contributed by atoms with van der Waals surface area (Å²) in [6.07, 6.45) is 9.21. The minimum Gasteiger partial charge on any atom is -0.458 e. The molecule has 4 rings (SSSR count). The molecule has 6 heteroatoms. The van der Waals surface area contributed by atoms with Crippen molar-refractivity contribution in [1.29, 1.82) is 0 Å². The molecular formula is C25H32O6. The van der Waals surface area contributed by atoms with E-state index in [1.165, 1.54) is 25.0 Å². The van der Waals surface area contributed by atoms with Crippen LogP contribution in [0.25, 0.3) is 0 Å². The first-order valence-corrected chi connectivity index (χ1v) is 11.3. The van der Waals surface area contributed by atoms with Gasteiger partial charge in [-0.25, -0.2) is 0 Å². The maximum Gasteiger partial charge on any atom is 0.303 e. The molecule has 0 amide bonds. The first-order chi connectivity index (χ1) is 14.5. The van der Waals surface area contributed by atoms with Crippen molar-refractivity contribution in [2.75, 3.05) is 6.61 Å². The molecule has 5 atom stereocenters. The number of allylic oxidation sites excluding steroid dienone is 4. The molecule has 0 saturated heterocycles. The van der Waals surface area contributed by atoms with Crippen molar-refractivity contribution in [3.05, 3.63) is 23.3 Å². The van der Waals surface area contributed by atoms with Gasteiger partial charge in [0, 0.05) is 31.1 Å². The summed E-state index contributed by atoms with van der Waals surface area (Å²) in [4.78, 5) is 48.7. The molecule has 0 aliphatic heterocycles. The average Bonchev–Trinajstić information content (AvgIpc) is 2.99. The highest BCUT2D eigenvalue weighted by molar-refractivity contribution is 5.93. The van der Waals surface area contributed by atoms with Gasteiger partial charge in [0.2, 0.25) is 5.78 Å². The molecule has 0 N–H and O–H groups in total. The molecule has 0 radical (unpaired) electrons. The number of carbonyl (C=O) groups excluding carboxylic acids is 4. The highest BCUT2D eigenvalue weighted by Gasteiger charge is 2.67. The number of esters is 2. The Balaban J connectivity index is 1.73. The highest BCUT2D eigenvalue weighted by atomic mass is 16.6. The van der Waals surface area contributed by atoms with Gasteiger partial charge < -0.3 is 9.47 Å². The lowest BCUT2D eigenvalue weighted by molar-refractivity contribution is -0.184. The van der Waals surface area contributed by atoms with Gasteiger partial charge in [0.15, 0.2) is 18.0 Å². The number of fused-ring (bicyclic) bond motifs is 5. The summed E-state index contributed by atoms with van der Waals surface area (Å²) in [5.74, 6) is -0.622. The SMILES string of the molecule is CC(=O)OCC(=O)[C@@]1(OC(C)=O)CC[C@@H]2[C@@H]3CCC4=CC(=O)CC[C@@]4(C)C3=CC[C@@]21C. The van der Waals surface area contributed by atoms with Crippen molar-refractivity contribution in [2.24, 2.45) is 22.7 Å². The van der Waals surface area contributed by atoms with Crippen LogP contribution >= 0.6 is 0 Å². The number of ketones is 2. The largest absolute Gasteiger partial charge is 0.458 e. The summed E-state index contributed by atoms with van der Waals surface area (Å²) >= 11 is 0. The molecule has 0 bridgehead atoms. The van der Waals surface area contributed by atoms with Crippen LogP contribution in [-0.4, -0.2) is 35.7 Å². The number of ether oxygens (including phenoxy) is 2. The molecular weight excluding hydrogens is 396 g/mol. The first-order valence-electron chi connectivity index (χ1n) is 11.3. The van der Waals surface area contributed by atoms with E-state index in [1.54, 1.807) is 0 Å². The summed E-state index contributed by atoms with van der Waals surface area (Å²) in [5, 5.41) is 0. The zero-order chi connectivity index (χ0) is 22.6. The topological polar surface area (TPSA) is 86.7 Å². The third-order valence-electron chi connectivity index (χ3n) is 8.63. The fourth-order valence-electron chi connectivity index (χ4n) is 7.06. The normalized spacial score (nSPS) is 38.8. The summed E-state index contributed by atoms with van der Waals surface area (Å²) in [7, 11) is 0. The van der Waals surface area contributed by atoms with Gasteiger partial charge in [-0.05, 0) is 56.4 Å². The minimum absolute atomic E-state index is 0.0907. The van der Waals surface area contributed by atoms with Crippen LogP contribution in [0.5, 0.6) is 0 Å².